The number of halogens is 1. The van der Waals surface area contributed by atoms with E-state index in [4.69, 9.17) is 16.3 Å². The minimum absolute atomic E-state index is 0.00342. The Bertz CT molecular complexity index is 1290. The summed E-state index contributed by atoms with van der Waals surface area (Å²) in [4.78, 5) is 55.1. The molecule has 7 rings (SSSR count). The summed E-state index contributed by atoms with van der Waals surface area (Å²) in [5.74, 6) is -1.48. The van der Waals surface area contributed by atoms with E-state index in [-0.39, 0.29) is 22.4 Å². The van der Waals surface area contributed by atoms with Crippen LogP contribution in [-0.2, 0) is 9.59 Å². The predicted molar refractivity (Wildman–Crippen MR) is 131 cm³/mol. The lowest BCUT2D eigenvalue weighted by Crippen LogP contribution is -2.56. The third kappa shape index (κ3) is 3.25. The van der Waals surface area contributed by atoms with Gasteiger partial charge in [0.05, 0.1) is 29.5 Å². The van der Waals surface area contributed by atoms with Crippen molar-refractivity contribution in [2.24, 2.45) is 35.5 Å². The van der Waals surface area contributed by atoms with E-state index in [9.17, 15) is 19.2 Å². The molecule has 3 fully saturated rings. The van der Waals surface area contributed by atoms with Crippen LogP contribution in [0.1, 0.15) is 34.1 Å². The first-order valence-corrected chi connectivity index (χ1v) is 12.5. The maximum absolute atomic E-state index is 13.9. The molecule has 0 radical (unpaired) electrons. The number of allylic oxidation sites excluding steroid dienone is 2. The standard InChI is InChI=1S/C28H25ClN2O5/c1-14(25(32)15-7-9-16(36-2)10-8-15)30(26(33)19-5-3-4-6-22(19)29)31-27(34)23-17-11-12-18(21-13-20(17)21)24(23)28(31)35/h3-12,14,17-18,20-21,23-24H,13H2,1-2H3/t14-,17-,18-,20-,21-,23+,24+/m0/s1. The number of benzene rings is 2. The third-order valence-electron chi connectivity index (χ3n) is 8.29. The lowest BCUT2D eigenvalue weighted by atomic mass is 9.63. The highest BCUT2D eigenvalue weighted by atomic mass is 35.5. The number of Topliss-reactive ketones (excluding diaryl/α,β-unsaturated/α-hetero) is 1. The number of hydrogen-bond acceptors (Lipinski definition) is 5. The van der Waals surface area contributed by atoms with Crippen LogP contribution in [0.3, 0.4) is 0 Å². The molecule has 3 amide bonds. The highest BCUT2D eigenvalue weighted by Gasteiger charge is 2.68. The lowest BCUT2D eigenvalue weighted by Gasteiger charge is -2.37. The van der Waals surface area contributed by atoms with Gasteiger partial charge in [-0.1, -0.05) is 35.9 Å². The van der Waals surface area contributed by atoms with Crippen molar-refractivity contribution >= 4 is 35.1 Å². The molecular weight excluding hydrogens is 480 g/mol. The number of ether oxygens (including phenoxy) is 1. The van der Waals surface area contributed by atoms with Crippen molar-refractivity contribution in [3.05, 3.63) is 76.8 Å². The fraction of sp³-hybridized carbons (Fsp3) is 0.357. The van der Waals surface area contributed by atoms with E-state index in [1.807, 2.05) is 0 Å². The molecule has 1 saturated heterocycles. The lowest BCUT2D eigenvalue weighted by molar-refractivity contribution is -0.156. The minimum Gasteiger partial charge on any atom is -0.497 e. The highest BCUT2D eigenvalue weighted by molar-refractivity contribution is 6.34. The number of carbonyl (C=O) groups is 4. The second-order valence-electron chi connectivity index (χ2n) is 10.0. The molecule has 0 spiro atoms. The first-order chi connectivity index (χ1) is 17.3. The summed E-state index contributed by atoms with van der Waals surface area (Å²) >= 11 is 6.34. The molecule has 0 aromatic heterocycles. The van der Waals surface area contributed by atoms with Crippen LogP contribution >= 0.6 is 11.6 Å². The molecule has 7 nitrogen and oxygen atoms in total. The van der Waals surface area contributed by atoms with Gasteiger partial charge in [-0.25, -0.2) is 5.01 Å². The number of ketones is 1. The fourth-order valence-electron chi connectivity index (χ4n) is 6.46. The molecule has 2 aromatic rings. The summed E-state index contributed by atoms with van der Waals surface area (Å²) in [5, 5.41) is 2.16. The molecule has 1 heterocycles. The zero-order chi connectivity index (χ0) is 25.3. The van der Waals surface area contributed by atoms with E-state index in [0.717, 1.165) is 16.4 Å². The van der Waals surface area contributed by atoms with Crippen LogP contribution in [0.25, 0.3) is 0 Å². The van der Waals surface area contributed by atoms with Crippen molar-refractivity contribution in [2.75, 3.05) is 7.11 Å². The molecule has 184 valence electrons. The summed E-state index contributed by atoms with van der Waals surface area (Å²) in [6.45, 7) is 1.54. The van der Waals surface area contributed by atoms with Crippen LogP contribution < -0.4 is 4.74 Å². The van der Waals surface area contributed by atoms with Crippen LogP contribution in [0.5, 0.6) is 5.75 Å². The number of hydrogen-bond donors (Lipinski definition) is 0. The third-order valence-corrected chi connectivity index (χ3v) is 8.62. The van der Waals surface area contributed by atoms with E-state index in [2.05, 4.69) is 12.2 Å². The number of hydrazine groups is 1. The monoisotopic (exact) mass is 504 g/mol. The first kappa shape index (κ1) is 23.0. The van der Waals surface area contributed by atoms with Crippen LogP contribution in [0.4, 0.5) is 0 Å². The van der Waals surface area contributed by atoms with Crippen LogP contribution in [0.2, 0.25) is 5.02 Å². The zero-order valence-electron chi connectivity index (χ0n) is 19.8. The molecule has 1 aliphatic heterocycles. The Morgan fingerprint density at radius 3 is 2.11 bits per heavy atom. The normalized spacial score (nSPS) is 30.0. The van der Waals surface area contributed by atoms with Crippen LogP contribution in [-0.4, -0.2) is 46.7 Å². The van der Waals surface area contributed by atoms with Gasteiger partial charge in [0.1, 0.15) is 11.8 Å². The van der Waals surface area contributed by atoms with Crippen LogP contribution in [0, 0.1) is 35.5 Å². The molecule has 4 aliphatic carbocycles. The number of amides is 3. The maximum atomic E-state index is 13.9. The molecule has 36 heavy (non-hydrogen) atoms. The Labute approximate surface area is 213 Å². The van der Waals surface area contributed by atoms with E-state index in [1.165, 1.54) is 20.1 Å². The molecule has 0 unspecified atom stereocenters. The molecule has 2 aromatic carbocycles. The fourth-order valence-corrected chi connectivity index (χ4v) is 6.68. The Hall–Kier alpha value is -3.45. The topological polar surface area (TPSA) is 84.0 Å². The van der Waals surface area contributed by atoms with Gasteiger partial charge in [-0.2, -0.15) is 5.01 Å². The quantitative estimate of drug-likeness (QED) is 0.337. The van der Waals surface area contributed by atoms with Gasteiger partial charge in [0.25, 0.3) is 17.7 Å². The van der Waals surface area contributed by atoms with Gasteiger partial charge in [0.15, 0.2) is 5.78 Å². The van der Waals surface area contributed by atoms with Crippen molar-refractivity contribution in [3.63, 3.8) is 0 Å². The molecule has 0 N–H and O–H groups in total. The SMILES string of the molecule is COc1ccc(C(=O)[C@H](C)N(C(=O)c2ccccc2Cl)N2C(=O)[C@@H]3[C@H]4C=C[C@@H]([C@@H]5C[C@@H]45)[C@H]3C2=O)cc1. The molecule has 2 bridgehead atoms. The van der Waals surface area contributed by atoms with E-state index in [0.29, 0.717) is 23.1 Å². The second-order valence-corrected chi connectivity index (χ2v) is 10.4. The van der Waals surface area contributed by atoms with E-state index in [1.54, 1.807) is 42.5 Å². The summed E-state index contributed by atoms with van der Waals surface area (Å²) < 4.78 is 5.17. The van der Waals surface area contributed by atoms with Gasteiger partial charge in [-0.05, 0) is 73.4 Å². The van der Waals surface area contributed by atoms with Crippen LogP contribution in [0.15, 0.2) is 60.7 Å². The highest BCUT2D eigenvalue weighted by Crippen LogP contribution is 2.65. The smallest absolute Gasteiger partial charge is 0.275 e. The average Bonchev–Trinajstić information content (AvgIpc) is 3.68. The molecule has 5 aliphatic rings. The van der Waals surface area contributed by atoms with Crippen molar-refractivity contribution in [1.82, 2.24) is 10.0 Å². The van der Waals surface area contributed by atoms with Gasteiger partial charge in [-0.15, -0.1) is 0 Å². The summed E-state index contributed by atoms with van der Waals surface area (Å²) in [6.07, 6.45) is 5.17. The number of methoxy groups -OCH3 is 1. The Morgan fingerprint density at radius 2 is 1.56 bits per heavy atom. The Balaban J connectivity index is 1.40. The van der Waals surface area contributed by atoms with Crippen molar-refractivity contribution in [1.29, 1.82) is 0 Å². The largest absolute Gasteiger partial charge is 0.497 e. The van der Waals surface area contributed by atoms with Gasteiger partial charge in [0.2, 0.25) is 0 Å². The van der Waals surface area contributed by atoms with Crippen molar-refractivity contribution in [3.8, 4) is 5.75 Å². The van der Waals surface area contributed by atoms with Crippen molar-refractivity contribution < 1.29 is 23.9 Å². The Morgan fingerprint density at radius 1 is 0.972 bits per heavy atom. The number of rotatable bonds is 6. The maximum Gasteiger partial charge on any atom is 0.275 e. The summed E-state index contributed by atoms with van der Waals surface area (Å²) in [7, 11) is 1.53. The summed E-state index contributed by atoms with van der Waals surface area (Å²) in [6, 6.07) is 11.8. The predicted octanol–water partition coefficient (Wildman–Crippen LogP) is 4.03. The first-order valence-electron chi connectivity index (χ1n) is 12.2. The minimum atomic E-state index is -1.13. The second kappa shape index (κ2) is 8.30. The van der Waals surface area contributed by atoms with Gasteiger partial charge in [0, 0.05) is 5.56 Å². The molecular formula is C28H25ClN2O5. The van der Waals surface area contributed by atoms with Gasteiger partial charge in [-0.3, -0.25) is 19.2 Å². The average molecular weight is 505 g/mol. The summed E-state index contributed by atoms with van der Waals surface area (Å²) in [5.41, 5.74) is 0.452. The van der Waals surface area contributed by atoms with Gasteiger partial charge >= 0.3 is 0 Å². The molecule has 2 saturated carbocycles. The number of nitrogens with zero attached hydrogens (tertiary/aromatic N) is 2. The van der Waals surface area contributed by atoms with Crippen molar-refractivity contribution in [2.45, 2.75) is 19.4 Å². The Kier molecular flexibility index (Phi) is 5.30. The molecule has 8 heteroatoms. The number of carbonyl (C=O) groups excluding carboxylic acids is 4. The number of imide groups is 1. The van der Waals surface area contributed by atoms with E-state index < -0.39 is 41.4 Å². The van der Waals surface area contributed by atoms with Gasteiger partial charge < -0.3 is 4.74 Å². The van der Waals surface area contributed by atoms with E-state index >= 15 is 0 Å². The zero-order valence-corrected chi connectivity index (χ0v) is 20.6. The molecule has 7 atom stereocenters.